The lowest BCUT2D eigenvalue weighted by molar-refractivity contribution is 0.0723. The maximum absolute atomic E-state index is 13.9. The van der Waals surface area contributed by atoms with E-state index >= 15 is 0 Å². The zero-order valence-corrected chi connectivity index (χ0v) is 15.6. The monoisotopic (exact) mass is 391 g/mol. The first-order valence-electron chi connectivity index (χ1n) is 8.64. The third-order valence-electron chi connectivity index (χ3n) is 4.51. The van der Waals surface area contributed by atoms with Gasteiger partial charge in [0, 0.05) is 26.3 Å². The van der Waals surface area contributed by atoms with E-state index in [1.54, 1.807) is 4.90 Å². The van der Waals surface area contributed by atoms with Crippen LogP contribution in [0.4, 0.5) is 10.1 Å². The number of nitrogens with one attached hydrogen (secondary N) is 1. The number of aromatic nitrogens is 1. The fourth-order valence-electron chi connectivity index (χ4n) is 3.10. The molecule has 6 nitrogen and oxygen atoms in total. The van der Waals surface area contributed by atoms with Gasteiger partial charge in [-0.2, -0.15) is 0 Å². The number of rotatable bonds is 3. The van der Waals surface area contributed by atoms with E-state index in [1.807, 2.05) is 0 Å². The summed E-state index contributed by atoms with van der Waals surface area (Å²) >= 11 is 5.90. The minimum absolute atomic E-state index is 0.0649. The molecule has 0 atom stereocenters. The van der Waals surface area contributed by atoms with Gasteiger partial charge in [0.15, 0.2) is 0 Å². The Kier molecular flexibility index (Phi) is 5.60. The molecule has 0 aliphatic carbocycles. The van der Waals surface area contributed by atoms with Crippen LogP contribution in [-0.4, -0.2) is 34.4 Å². The van der Waals surface area contributed by atoms with Crippen molar-refractivity contribution in [3.63, 3.8) is 0 Å². The average Bonchev–Trinajstić information content (AvgIpc) is 2.65. The van der Waals surface area contributed by atoms with Gasteiger partial charge in [-0.05, 0) is 37.5 Å². The molecular weight excluding hydrogens is 373 g/mol. The Bertz CT molecular complexity index is 931. The number of anilines is 1. The largest absolute Gasteiger partial charge is 0.339 e. The number of benzene rings is 1. The number of aryl methyl sites for hydroxylation is 1. The number of halogens is 2. The summed E-state index contributed by atoms with van der Waals surface area (Å²) in [4.78, 5) is 39.2. The highest BCUT2D eigenvalue weighted by molar-refractivity contribution is 6.34. The van der Waals surface area contributed by atoms with Crippen LogP contribution in [0.2, 0.25) is 5.02 Å². The molecule has 2 amide bonds. The summed E-state index contributed by atoms with van der Waals surface area (Å²) in [5.41, 5.74) is -0.682. The molecule has 0 radical (unpaired) electrons. The number of carbonyl (C=O) groups excluding carboxylic acids is 2. The lowest BCUT2D eigenvalue weighted by Crippen LogP contribution is -2.36. The van der Waals surface area contributed by atoms with E-state index in [0.29, 0.717) is 13.1 Å². The van der Waals surface area contributed by atoms with Crippen molar-refractivity contribution in [1.29, 1.82) is 0 Å². The van der Waals surface area contributed by atoms with Gasteiger partial charge in [-0.1, -0.05) is 17.7 Å². The highest BCUT2D eigenvalue weighted by Gasteiger charge is 2.22. The molecular formula is C19H19ClFN3O3. The summed E-state index contributed by atoms with van der Waals surface area (Å²) in [6.45, 7) is 1.32. The fraction of sp³-hybridized carbons (Fsp3) is 0.316. The minimum atomic E-state index is -0.849. The van der Waals surface area contributed by atoms with Gasteiger partial charge in [-0.3, -0.25) is 14.4 Å². The molecule has 27 heavy (non-hydrogen) atoms. The van der Waals surface area contributed by atoms with Crippen LogP contribution in [0.25, 0.3) is 0 Å². The number of carbonyl (C=O) groups is 2. The number of amides is 2. The SMILES string of the molecule is Cn1cc(C(=O)N2CCCCC2)cc(NC(=O)c2c(F)cccc2Cl)c1=O. The Morgan fingerprint density at radius 1 is 1.19 bits per heavy atom. The number of likely N-dealkylation sites (tertiary alicyclic amines) is 1. The van der Waals surface area contributed by atoms with Gasteiger partial charge in [-0.25, -0.2) is 4.39 Å². The fourth-order valence-corrected chi connectivity index (χ4v) is 3.35. The first-order chi connectivity index (χ1) is 12.9. The topological polar surface area (TPSA) is 71.4 Å². The second kappa shape index (κ2) is 7.92. The Balaban J connectivity index is 1.91. The molecule has 1 aliphatic heterocycles. The molecule has 2 heterocycles. The van der Waals surface area contributed by atoms with Gasteiger partial charge in [0.1, 0.15) is 11.5 Å². The zero-order valence-electron chi connectivity index (χ0n) is 14.8. The van der Waals surface area contributed by atoms with Crippen LogP contribution < -0.4 is 10.9 Å². The predicted molar refractivity (Wildman–Crippen MR) is 101 cm³/mol. The molecule has 1 aromatic heterocycles. The van der Waals surface area contributed by atoms with E-state index < -0.39 is 17.3 Å². The van der Waals surface area contributed by atoms with Crippen LogP contribution >= 0.6 is 11.6 Å². The van der Waals surface area contributed by atoms with E-state index in [2.05, 4.69) is 5.32 Å². The third-order valence-corrected chi connectivity index (χ3v) is 4.83. The van der Waals surface area contributed by atoms with E-state index in [4.69, 9.17) is 11.6 Å². The van der Waals surface area contributed by atoms with Gasteiger partial charge in [0.25, 0.3) is 17.4 Å². The summed E-state index contributed by atoms with van der Waals surface area (Å²) in [5, 5.41) is 2.31. The van der Waals surface area contributed by atoms with E-state index in [9.17, 15) is 18.8 Å². The predicted octanol–water partition coefficient (Wildman–Crippen LogP) is 3.06. The highest BCUT2D eigenvalue weighted by atomic mass is 35.5. The molecule has 3 rings (SSSR count). The maximum Gasteiger partial charge on any atom is 0.274 e. The normalized spacial score (nSPS) is 14.1. The Morgan fingerprint density at radius 3 is 2.56 bits per heavy atom. The number of hydrogen-bond donors (Lipinski definition) is 1. The smallest absolute Gasteiger partial charge is 0.274 e. The third kappa shape index (κ3) is 4.03. The lowest BCUT2D eigenvalue weighted by Gasteiger charge is -2.27. The maximum atomic E-state index is 13.9. The number of piperidine rings is 1. The van der Waals surface area contributed by atoms with Crippen molar-refractivity contribution in [2.45, 2.75) is 19.3 Å². The summed E-state index contributed by atoms with van der Waals surface area (Å²) in [6, 6.07) is 5.19. The summed E-state index contributed by atoms with van der Waals surface area (Å²) in [5.74, 6) is -1.85. The summed E-state index contributed by atoms with van der Waals surface area (Å²) in [6.07, 6.45) is 4.40. The molecule has 0 unspecified atom stereocenters. The van der Waals surface area contributed by atoms with Crippen molar-refractivity contribution in [2.24, 2.45) is 7.05 Å². The van der Waals surface area contributed by atoms with Crippen LogP contribution in [0, 0.1) is 5.82 Å². The molecule has 1 fully saturated rings. The molecule has 8 heteroatoms. The van der Waals surface area contributed by atoms with Gasteiger partial charge >= 0.3 is 0 Å². The van der Waals surface area contributed by atoms with E-state index in [1.165, 1.54) is 36.0 Å². The number of nitrogens with zero attached hydrogens (tertiary/aromatic N) is 2. The van der Waals surface area contributed by atoms with Crippen LogP contribution in [0.5, 0.6) is 0 Å². The van der Waals surface area contributed by atoms with Gasteiger partial charge in [-0.15, -0.1) is 0 Å². The standard InChI is InChI=1S/C19H19ClFN3O3/c1-23-11-12(18(26)24-8-3-2-4-9-24)10-15(19(23)27)22-17(25)16-13(20)6-5-7-14(16)21/h5-7,10-11H,2-4,8-9H2,1H3,(H,22,25). The first kappa shape index (κ1) is 19.1. The number of hydrogen-bond acceptors (Lipinski definition) is 3. The van der Waals surface area contributed by atoms with Crippen LogP contribution in [0.15, 0.2) is 35.3 Å². The first-order valence-corrected chi connectivity index (χ1v) is 9.01. The zero-order chi connectivity index (χ0) is 19.6. The molecule has 0 spiro atoms. The molecule has 1 aliphatic rings. The van der Waals surface area contributed by atoms with E-state index in [-0.39, 0.29) is 27.7 Å². The van der Waals surface area contributed by atoms with Crippen LogP contribution in [-0.2, 0) is 7.05 Å². The van der Waals surface area contributed by atoms with Crippen molar-refractivity contribution in [1.82, 2.24) is 9.47 Å². The highest BCUT2D eigenvalue weighted by Crippen LogP contribution is 2.20. The number of pyridine rings is 1. The van der Waals surface area contributed by atoms with Crippen molar-refractivity contribution in [3.05, 3.63) is 62.8 Å². The molecule has 1 aromatic carbocycles. The quantitative estimate of drug-likeness (QED) is 0.874. The van der Waals surface area contributed by atoms with Crippen molar-refractivity contribution >= 4 is 29.1 Å². The van der Waals surface area contributed by atoms with Crippen LogP contribution in [0.3, 0.4) is 0 Å². The minimum Gasteiger partial charge on any atom is -0.339 e. The summed E-state index contributed by atoms with van der Waals surface area (Å²) < 4.78 is 15.2. The van der Waals surface area contributed by atoms with Crippen molar-refractivity contribution < 1.29 is 14.0 Å². The molecule has 1 N–H and O–H groups in total. The Hall–Kier alpha value is -2.67. The van der Waals surface area contributed by atoms with Gasteiger partial charge in [0.2, 0.25) is 0 Å². The molecule has 2 aromatic rings. The second-order valence-electron chi connectivity index (χ2n) is 6.46. The lowest BCUT2D eigenvalue weighted by atomic mass is 10.1. The molecule has 0 bridgehead atoms. The molecule has 142 valence electrons. The van der Waals surface area contributed by atoms with Gasteiger partial charge < -0.3 is 14.8 Å². The van der Waals surface area contributed by atoms with Crippen molar-refractivity contribution in [2.75, 3.05) is 18.4 Å². The average molecular weight is 392 g/mol. The molecule has 0 saturated carbocycles. The van der Waals surface area contributed by atoms with Gasteiger partial charge in [0.05, 0.1) is 16.1 Å². The molecule has 1 saturated heterocycles. The Labute approximate surface area is 160 Å². The van der Waals surface area contributed by atoms with Crippen LogP contribution in [0.1, 0.15) is 40.0 Å². The summed E-state index contributed by atoms with van der Waals surface area (Å²) in [7, 11) is 1.49. The second-order valence-corrected chi connectivity index (χ2v) is 6.87. The van der Waals surface area contributed by atoms with Crippen molar-refractivity contribution in [3.8, 4) is 0 Å². The van der Waals surface area contributed by atoms with E-state index in [0.717, 1.165) is 25.3 Å². The Morgan fingerprint density at radius 2 is 1.89 bits per heavy atom.